The zero-order valence-electron chi connectivity index (χ0n) is 18.4. The molecule has 1 rings (SSSR count). The lowest BCUT2D eigenvalue weighted by molar-refractivity contribution is 0.138. The minimum Gasteiger partial charge on any atom is -0.302 e. The van der Waals surface area contributed by atoms with Crippen molar-refractivity contribution in [2.24, 2.45) is 0 Å². The largest absolute Gasteiger partial charge is 0.370 e. The van der Waals surface area contributed by atoms with Gasteiger partial charge in [-0.1, -0.05) is 28.1 Å². The maximum Gasteiger partial charge on any atom is 0.370 e. The van der Waals surface area contributed by atoms with Gasteiger partial charge in [0.05, 0.1) is 24.4 Å². The molecule has 0 aliphatic carbocycles. The zero-order chi connectivity index (χ0) is 22.4. The molecule has 0 unspecified atom stereocenters. The Hall–Kier alpha value is -0.260. The minimum absolute atomic E-state index is 0.104. The molecule has 166 valence electrons. The maximum absolute atomic E-state index is 14.0. The number of hydrogen-bond acceptors (Lipinski definition) is 6. The van der Waals surface area contributed by atoms with E-state index in [-0.39, 0.29) is 5.06 Å². The summed E-state index contributed by atoms with van der Waals surface area (Å²) in [4.78, 5) is 0. The van der Waals surface area contributed by atoms with Crippen LogP contribution in [-0.2, 0) is 27.2 Å². The quantitative estimate of drug-likeness (QED) is 0.282. The Labute approximate surface area is 183 Å². The van der Waals surface area contributed by atoms with Crippen LogP contribution in [0.1, 0.15) is 61.0 Å². The first kappa shape index (κ1) is 26.8. The molecular formula is C20H33BrO6P2. The third-order valence-electron chi connectivity index (χ3n) is 3.10. The highest BCUT2D eigenvalue weighted by Gasteiger charge is 2.47. The molecule has 0 radical (unpaired) electrons. The summed E-state index contributed by atoms with van der Waals surface area (Å²) in [6.45, 7) is 13.9. The van der Waals surface area contributed by atoms with Crippen LogP contribution in [0, 0.1) is 0 Å². The highest BCUT2D eigenvalue weighted by molar-refractivity contribution is 9.10. The third-order valence-corrected chi connectivity index (χ3v) is 9.24. The van der Waals surface area contributed by atoms with Crippen molar-refractivity contribution in [1.82, 2.24) is 0 Å². The lowest BCUT2D eigenvalue weighted by Crippen LogP contribution is -2.14. The molecule has 1 aromatic carbocycles. The van der Waals surface area contributed by atoms with Crippen LogP contribution >= 0.6 is 31.1 Å². The van der Waals surface area contributed by atoms with Gasteiger partial charge in [-0.05, 0) is 79.2 Å². The molecule has 0 saturated carbocycles. The first-order valence-electron chi connectivity index (χ1n) is 9.69. The fourth-order valence-corrected chi connectivity index (χ4v) is 7.98. The van der Waals surface area contributed by atoms with Crippen molar-refractivity contribution in [3.63, 3.8) is 0 Å². The van der Waals surface area contributed by atoms with E-state index in [4.69, 9.17) is 18.1 Å². The lowest BCUT2D eigenvalue weighted by atomic mass is 10.2. The van der Waals surface area contributed by atoms with Gasteiger partial charge in [0.2, 0.25) is 0 Å². The van der Waals surface area contributed by atoms with Gasteiger partial charge < -0.3 is 18.1 Å². The molecule has 1 aromatic rings. The molecule has 0 spiro atoms. The van der Waals surface area contributed by atoms with Crippen molar-refractivity contribution < 1.29 is 27.2 Å². The Bertz CT molecular complexity index is 721. The fraction of sp³-hybridized carbons (Fsp3) is 0.600. The van der Waals surface area contributed by atoms with E-state index in [1.807, 2.05) is 18.2 Å². The van der Waals surface area contributed by atoms with Gasteiger partial charge in [0.25, 0.3) is 0 Å². The van der Waals surface area contributed by atoms with Gasteiger partial charge in [-0.25, -0.2) is 0 Å². The molecule has 9 heteroatoms. The number of hydrogen-bond donors (Lipinski definition) is 0. The van der Waals surface area contributed by atoms with Gasteiger partial charge in [-0.2, -0.15) is 0 Å². The molecule has 0 bridgehead atoms. The van der Waals surface area contributed by atoms with E-state index < -0.39 is 39.6 Å². The smallest absolute Gasteiger partial charge is 0.302 e. The molecular weight excluding hydrogens is 478 g/mol. The van der Waals surface area contributed by atoms with Gasteiger partial charge in [-0.15, -0.1) is 0 Å². The lowest BCUT2D eigenvalue weighted by Gasteiger charge is -2.30. The Morgan fingerprint density at radius 2 is 1.17 bits per heavy atom. The van der Waals surface area contributed by atoms with Crippen LogP contribution in [-0.4, -0.2) is 24.4 Å². The standard InChI is InChI=1S/C20H33BrO6P2/c1-14(2)24-28(22,25-15(3)4)20(13-18-10-9-11-19(21)12-18)29(23,26-16(5)6)27-17(7)8/h9-17H,1-8H3. The summed E-state index contributed by atoms with van der Waals surface area (Å²) in [5.74, 6) is 0. The molecule has 0 aliphatic rings. The average Bonchev–Trinajstić information content (AvgIpc) is 2.49. The molecule has 0 aliphatic heterocycles. The van der Waals surface area contributed by atoms with Crippen LogP contribution in [0.5, 0.6) is 0 Å². The van der Waals surface area contributed by atoms with Crippen molar-refractivity contribution in [1.29, 1.82) is 0 Å². The Morgan fingerprint density at radius 3 is 1.48 bits per heavy atom. The SMILES string of the molecule is CC(C)OP(=O)(OC(C)C)C(=Cc1cccc(Br)c1)P(=O)(OC(C)C)OC(C)C. The summed E-state index contributed by atoms with van der Waals surface area (Å²) in [6, 6.07) is 7.29. The summed E-state index contributed by atoms with van der Waals surface area (Å²) >= 11 is 3.42. The van der Waals surface area contributed by atoms with Crippen LogP contribution in [0.2, 0.25) is 0 Å². The first-order valence-corrected chi connectivity index (χ1v) is 13.6. The van der Waals surface area contributed by atoms with E-state index in [0.717, 1.165) is 4.47 Å². The summed E-state index contributed by atoms with van der Waals surface area (Å²) in [5, 5.41) is -0.104. The van der Waals surface area contributed by atoms with E-state index in [0.29, 0.717) is 5.56 Å². The summed E-state index contributed by atoms with van der Waals surface area (Å²) in [7, 11) is -8.05. The van der Waals surface area contributed by atoms with Crippen molar-refractivity contribution in [3.8, 4) is 0 Å². The van der Waals surface area contributed by atoms with E-state index in [2.05, 4.69) is 15.9 Å². The van der Waals surface area contributed by atoms with E-state index in [9.17, 15) is 9.13 Å². The van der Waals surface area contributed by atoms with Crippen molar-refractivity contribution >= 4 is 37.2 Å². The Kier molecular flexibility index (Phi) is 10.5. The van der Waals surface area contributed by atoms with E-state index in [1.165, 1.54) is 6.08 Å². The molecule has 0 fully saturated rings. The topological polar surface area (TPSA) is 71.1 Å². The van der Waals surface area contributed by atoms with Gasteiger partial charge in [-0.3, -0.25) is 9.13 Å². The van der Waals surface area contributed by atoms with E-state index in [1.54, 1.807) is 61.5 Å². The molecule has 0 aromatic heterocycles. The van der Waals surface area contributed by atoms with Crippen LogP contribution in [0.25, 0.3) is 6.08 Å². The number of halogens is 1. The second-order valence-corrected chi connectivity index (χ2v) is 12.7. The summed E-state index contributed by atoms with van der Waals surface area (Å²) in [5.41, 5.74) is 0.661. The number of benzene rings is 1. The molecule has 6 nitrogen and oxygen atoms in total. The van der Waals surface area contributed by atoms with Crippen molar-refractivity contribution in [2.45, 2.75) is 79.8 Å². The van der Waals surface area contributed by atoms with Gasteiger partial charge in [0.15, 0.2) is 5.06 Å². The molecule has 0 N–H and O–H groups in total. The third kappa shape index (κ3) is 8.78. The van der Waals surface area contributed by atoms with Crippen LogP contribution in [0.15, 0.2) is 33.8 Å². The summed E-state index contributed by atoms with van der Waals surface area (Å²) in [6.07, 6.45) is -0.204. The van der Waals surface area contributed by atoms with Gasteiger partial charge in [0, 0.05) is 4.47 Å². The predicted molar refractivity (Wildman–Crippen MR) is 122 cm³/mol. The minimum atomic E-state index is -4.02. The fourth-order valence-electron chi connectivity index (χ4n) is 2.43. The number of rotatable bonds is 11. The molecule has 0 amide bonds. The average molecular weight is 511 g/mol. The molecule has 0 atom stereocenters. The van der Waals surface area contributed by atoms with Gasteiger partial charge >= 0.3 is 15.2 Å². The molecule has 29 heavy (non-hydrogen) atoms. The monoisotopic (exact) mass is 510 g/mol. The van der Waals surface area contributed by atoms with Gasteiger partial charge in [0.1, 0.15) is 0 Å². The normalized spacial score (nSPS) is 13.0. The molecule has 0 saturated heterocycles. The highest BCUT2D eigenvalue weighted by atomic mass is 79.9. The van der Waals surface area contributed by atoms with Crippen molar-refractivity contribution in [3.05, 3.63) is 39.4 Å². The van der Waals surface area contributed by atoms with Crippen LogP contribution < -0.4 is 0 Å². The van der Waals surface area contributed by atoms with E-state index >= 15 is 0 Å². The Balaban J connectivity index is 3.78. The maximum atomic E-state index is 14.0. The Morgan fingerprint density at radius 1 is 0.793 bits per heavy atom. The second kappa shape index (κ2) is 11.4. The van der Waals surface area contributed by atoms with Crippen molar-refractivity contribution in [2.75, 3.05) is 0 Å². The highest BCUT2D eigenvalue weighted by Crippen LogP contribution is 2.75. The van der Waals surface area contributed by atoms with Crippen LogP contribution in [0.3, 0.4) is 0 Å². The summed E-state index contributed by atoms with van der Waals surface area (Å²) < 4.78 is 51.7. The second-order valence-electron chi connectivity index (χ2n) is 7.67. The predicted octanol–water partition coefficient (Wildman–Crippen LogP) is 7.83. The molecule has 0 heterocycles. The van der Waals surface area contributed by atoms with Crippen LogP contribution in [0.4, 0.5) is 0 Å². The first-order chi connectivity index (χ1) is 13.3. The zero-order valence-corrected chi connectivity index (χ0v) is 21.8.